The number of anilines is 2. The van der Waals surface area contributed by atoms with Gasteiger partial charge in [-0.3, -0.25) is 9.10 Å². The molecule has 1 aliphatic heterocycles. The molecule has 0 aliphatic carbocycles. The van der Waals surface area contributed by atoms with E-state index in [1.165, 1.54) is 17.1 Å². The molecule has 31 heavy (non-hydrogen) atoms. The number of carbonyl (C=O) groups is 1. The molecule has 3 aromatic carbocycles. The molecule has 0 aromatic heterocycles. The molecule has 0 saturated carbocycles. The SMILES string of the molecule is CCCCCCOc1cccc(NC(=O)CN2c3cccc4cccc(c34)S2(=O)=O)c1. The number of nitrogens with one attached hydrogen (secondary N) is 1. The van der Waals surface area contributed by atoms with Crippen molar-refractivity contribution in [2.75, 3.05) is 22.8 Å². The van der Waals surface area contributed by atoms with Crippen molar-refractivity contribution in [1.29, 1.82) is 0 Å². The van der Waals surface area contributed by atoms with E-state index in [4.69, 9.17) is 4.74 Å². The summed E-state index contributed by atoms with van der Waals surface area (Å²) in [7, 11) is -3.77. The van der Waals surface area contributed by atoms with E-state index in [1.807, 2.05) is 18.2 Å². The van der Waals surface area contributed by atoms with Crippen LogP contribution in [0.4, 0.5) is 11.4 Å². The number of rotatable bonds is 9. The van der Waals surface area contributed by atoms with Crippen molar-refractivity contribution in [1.82, 2.24) is 0 Å². The van der Waals surface area contributed by atoms with E-state index in [0.29, 0.717) is 29.1 Å². The molecule has 1 heterocycles. The van der Waals surface area contributed by atoms with Crippen molar-refractivity contribution in [3.8, 4) is 5.75 Å². The number of benzene rings is 3. The van der Waals surface area contributed by atoms with E-state index in [2.05, 4.69) is 12.2 Å². The highest BCUT2D eigenvalue weighted by Gasteiger charge is 2.36. The number of ether oxygens (including phenoxy) is 1. The van der Waals surface area contributed by atoms with Crippen molar-refractivity contribution >= 4 is 38.1 Å². The van der Waals surface area contributed by atoms with Gasteiger partial charge in [0.2, 0.25) is 5.91 Å². The summed E-state index contributed by atoms with van der Waals surface area (Å²) in [6, 6.07) is 17.7. The Morgan fingerprint density at radius 1 is 1.00 bits per heavy atom. The number of carbonyl (C=O) groups excluding carboxylic acids is 1. The number of hydrogen-bond acceptors (Lipinski definition) is 4. The van der Waals surface area contributed by atoms with Gasteiger partial charge in [-0.15, -0.1) is 0 Å². The minimum atomic E-state index is -3.77. The average molecular weight is 439 g/mol. The largest absolute Gasteiger partial charge is 0.494 e. The summed E-state index contributed by atoms with van der Waals surface area (Å²) in [5.41, 5.74) is 1.11. The number of sulfonamides is 1. The lowest BCUT2D eigenvalue weighted by atomic mass is 10.1. The number of nitrogens with zero attached hydrogens (tertiary/aromatic N) is 1. The Morgan fingerprint density at radius 2 is 1.77 bits per heavy atom. The summed E-state index contributed by atoms with van der Waals surface area (Å²) in [5, 5.41) is 4.29. The summed E-state index contributed by atoms with van der Waals surface area (Å²) < 4.78 is 33.0. The van der Waals surface area contributed by atoms with Gasteiger partial charge in [0.25, 0.3) is 10.0 Å². The fourth-order valence-corrected chi connectivity index (χ4v) is 5.51. The van der Waals surface area contributed by atoms with Gasteiger partial charge in [0.1, 0.15) is 12.3 Å². The van der Waals surface area contributed by atoms with Crippen LogP contribution in [0.5, 0.6) is 5.75 Å². The minimum Gasteiger partial charge on any atom is -0.494 e. The lowest BCUT2D eigenvalue weighted by Gasteiger charge is -2.18. The average Bonchev–Trinajstić information content (AvgIpc) is 2.97. The molecule has 162 valence electrons. The van der Waals surface area contributed by atoms with Crippen LogP contribution < -0.4 is 14.4 Å². The zero-order valence-electron chi connectivity index (χ0n) is 17.5. The highest BCUT2D eigenvalue weighted by atomic mass is 32.2. The van der Waals surface area contributed by atoms with Gasteiger partial charge in [-0.05, 0) is 36.1 Å². The molecule has 1 N–H and O–H groups in total. The van der Waals surface area contributed by atoms with E-state index < -0.39 is 15.9 Å². The van der Waals surface area contributed by atoms with Crippen LogP contribution in [0.25, 0.3) is 10.8 Å². The molecule has 0 saturated heterocycles. The van der Waals surface area contributed by atoms with Crippen molar-refractivity contribution in [3.63, 3.8) is 0 Å². The van der Waals surface area contributed by atoms with E-state index in [-0.39, 0.29) is 11.4 Å². The van der Waals surface area contributed by atoms with Crippen molar-refractivity contribution < 1.29 is 17.9 Å². The molecular weight excluding hydrogens is 412 g/mol. The first-order valence-corrected chi connectivity index (χ1v) is 12.0. The lowest BCUT2D eigenvalue weighted by molar-refractivity contribution is -0.114. The van der Waals surface area contributed by atoms with Crippen LogP contribution in [0.15, 0.2) is 65.6 Å². The Labute approximate surface area is 182 Å². The third-order valence-corrected chi connectivity index (χ3v) is 7.15. The second kappa shape index (κ2) is 8.98. The highest BCUT2D eigenvalue weighted by Crippen LogP contribution is 2.41. The Kier molecular flexibility index (Phi) is 6.13. The molecule has 0 atom stereocenters. The third-order valence-electron chi connectivity index (χ3n) is 5.35. The first kappa shape index (κ1) is 21.2. The molecule has 0 bridgehead atoms. The Morgan fingerprint density at radius 3 is 2.58 bits per heavy atom. The van der Waals surface area contributed by atoms with E-state index in [9.17, 15) is 13.2 Å². The lowest BCUT2D eigenvalue weighted by Crippen LogP contribution is -2.35. The maximum atomic E-state index is 13.0. The van der Waals surface area contributed by atoms with Crippen LogP contribution in [0, 0.1) is 0 Å². The van der Waals surface area contributed by atoms with Gasteiger partial charge in [0.15, 0.2) is 0 Å². The number of hydrogen-bond donors (Lipinski definition) is 1. The topological polar surface area (TPSA) is 75.7 Å². The van der Waals surface area contributed by atoms with Crippen molar-refractivity contribution in [2.24, 2.45) is 0 Å². The molecule has 3 aromatic rings. The normalized spacial score (nSPS) is 14.0. The van der Waals surface area contributed by atoms with Gasteiger partial charge < -0.3 is 10.1 Å². The standard InChI is InChI=1S/C24H26N2O4S/c1-2-3-4-5-15-30-20-12-8-11-19(16-20)25-23(27)17-26-21-13-6-9-18-10-7-14-22(24(18)21)31(26,28)29/h6-14,16H,2-5,15,17H2,1H3,(H,25,27). The van der Waals surface area contributed by atoms with Gasteiger partial charge in [-0.2, -0.15) is 0 Å². The Bertz CT molecular complexity index is 1200. The molecule has 4 rings (SSSR count). The van der Waals surface area contributed by atoms with Crippen LogP contribution in [0.2, 0.25) is 0 Å². The third kappa shape index (κ3) is 4.37. The minimum absolute atomic E-state index is 0.242. The van der Waals surface area contributed by atoms with Gasteiger partial charge >= 0.3 is 0 Å². The quantitative estimate of drug-likeness (QED) is 0.480. The molecule has 0 radical (unpaired) electrons. The van der Waals surface area contributed by atoms with Crippen LogP contribution in [0.1, 0.15) is 32.6 Å². The summed E-state index contributed by atoms with van der Waals surface area (Å²) in [4.78, 5) is 13.0. The molecule has 1 amide bonds. The van der Waals surface area contributed by atoms with E-state index in [1.54, 1.807) is 42.5 Å². The molecule has 0 fully saturated rings. The Balaban J connectivity index is 1.44. The molecule has 1 aliphatic rings. The second-order valence-electron chi connectivity index (χ2n) is 7.63. The highest BCUT2D eigenvalue weighted by molar-refractivity contribution is 7.93. The molecule has 0 unspecified atom stereocenters. The predicted octanol–water partition coefficient (Wildman–Crippen LogP) is 4.95. The summed E-state index contributed by atoms with van der Waals surface area (Å²) in [6.45, 7) is 2.50. The fourth-order valence-electron chi connectivity index (χ4n) is 3.84. The monoisotopic (exact) mass is 438 g/mol. The molecule has 7 heteroatoms. The Hall–Kier alpha value is -3.06. The molecule has 0 spiro atoms. The van der Waals surface area contributed by atoms with Crippen molar-refractivity contribution in [2.45, 2.75) is 37.5 Å². The molecule has 6 nitrogen and oxygen atoms in total. The van der Waals surface area contributed by atoms with Gasteiger partial charge in [0, 0.05) is 17.1 Å². The smallest absolute Gasteiger partial charge is 0.265 e. The fraction of sp³-hybridized carbons (Fsp3) is 0.292. The van der Waals surface area contributed by atoms with Gasteiger partial charge in [0.05, 0.1) is 17.2 Å². The van der Waals surface area contributed by atoms with Crippen LogP contribution in [-0.4, -0.2) is 27.5 Å². The first-order chi connectivity index (χ1) is 15.0. The first-order valence-electron chi connectivity index (χ1n) is 10.6. The maximum absolute atomic E-state index is 13.0. The number of unbranched alkanes of at least 4 members (excludes halogenated alkanes) is 3. The maximum Gasteiger partial charge on any atom is 0.265 e. The van der Waals surface area contributed by atoms with Crippen LogP contribution in [-0.2, 0) is 14.8 Å². The number of amides is 1. The zero-order valence-corrected chi connectivity index (χ0v) is 18.3. The summed E-state index contributed by atoms with van der Waals surface area (Å²) in [5.74, 6) is 0.272. The van der Waals surface area contributed by atoms with Gasteiger partial charge in [-0.25, -0.2) is 8.42 Å². The predicted molar refractivity (Wildman–Crippen MR) is 123 cm³/mol. The van der Waals surface area contributed by atoms with E-state index in [0.717, 1.165) is 18.2 Å². The van der Waals surface area contributed by atoms with E-state index >= 15 is 0 Å². The van der Waals surface area contributed by atoms with Gasteiger partial charge in [-0.1, -0.05) is 56.5 Å². The zero-order chi connectivity index (χ0) is 21.8. The van der Waals surface area contributed by atoms with Crippen molar-refractivity contribution in [3.05, 3.63) is 60.7 Å². The van der Waals surface area contributed by atoms with Crippen LogP contribution >= 0.6 is 0 Å². The summed E-state index contributed by atoms with van der Waals surface area (Å²) >= 11 is 0. The van der Waals surface area contributed by atoms with Crippen LogP contribution in [0.3, 0.4) is 0 Å². The molecular formula is C24H26N2O4S. The summed E-state index contributed by atoms with van der Waals surface area (Å²) in [6.07, 6.45) is 4.49. The second-order valence-corrected chi connectivity index (χ2v) is 9.46.